The number of hydrogen-bond acceptors (Lipinski definition) is 1. The van der Waals surface area contributed by atoms with E-state index < -0.39 is 0 Å². The topological polar surface area (TPSA) is 36.1 Å². The number of hydrogen-bond donors (Lipinski definition) is 1. The Morgan fingerprint density at radius 1 is 1.27 bits per heavy atom. The third kappa shape index (κ3) is 2.43. The number of carbonyl (C=O) groups excluding carboxylic acids is 1. The van der Waals surface area contributed by atoms with Crippen LogP contribution in [0.5, 0.6) is 0 Å². The van der Waals surface area contributed by atoms with Crippen molar-refractivity contribution >= 4 is 16.8 Å². The van der Waals surface area contributed by atoms with E-state index in [1.54, 1.807) is 0 Å². The van der Waals surface area contributed by atoms with Gasteiger partial charge in [-0.2, -0.15) is 0 Å². The summed E-state index contributed by atoms with van der Waals surface area (Å²) in [7, 11) is 0. The third-order valence-electron chi connectivity index (χ3n) is 7.48. The van der Waals surface area contributed by atoms with Gasteiger partial charge in [-0.3, -0.25) is 4.79 Å². The fraction of sp³-hybridized carbons (Fsp3) is 0.609. The number of piperidine rings is 2. The van der Waals surface area contributed by atoms with Gasteiger partial charge in [0.15, 0.2) is 0 Å². The molecular formula is C23H30N2O. The second-order valence-corrected chi connectivity index (χ2v) is 9.72. The number of amides is 1. The lowest BCUT2D eigenvalue weighted by atomic mass is 9.56. The van der Waals surface area contributed by atoms with E-state index >= 15 is 0 Å². The predicted molar refractivity (Wildman–Crippen MR) is 105 cm³/mol. The molecule has 3 unspecified atom stereocenters. The van der Waals surface area contributed by atoms with Crippen LogP contribution in [0.3, 0.4) is 0 Å². The van der Waals surface area contributed by atoms with Crippen LogP contribution in [0.2, 0.25) is 0 Å². The molecular weight excluding hydrogens is 320 g/mol. The van der Waals surface area contributed by atoms with Gasteiger partial charge in [0.1, 0.15) is 0 Å². The Morgan fingerprint density at radius 3 is 2.69 bits per heavy atom. The van der Waals surface area contributed by atoms with Gasteiger partial charge < -0.3 is 9.88 Å². The molecule has 0 spiro atoms. The number of nitrogens with zero attached hydrogens (tertiary/aromatic N) is 1. The average molecular weight is 351 g/mol. The number of nitrogens with one attached hydrogen (secondary N) is 1. The molecule has 2 saturated carbocycles. The number of aromatic amines is 1. The van der Waals surface area contributed by atoms with E-state index in [0.29, 0.717) is 29.8 Å². The van der Waals surface area contributed by atoms with E-state index in [2.05, 4.69) is 55.1 Å². The molecule has 1 aromatic heterocycles. The normalized spacial score (nSPS) is 33.8. The zero-order valence-corrected chi connectivity index (χ0v) is 16.2. The summed E-state index contributed by atoms with van der Waals surface area (Å²) in [5.41, 5.74) is 4.28. The second-order valence-electron chi connectivity index (χ2n) is 9.72. The van der Waals surface area contributed by atoms with Gasteiger partial charge in [0.05, 0.1) is 0 Å². The fourth-order valence-corrected chi connectivity index (χ4v) is 6.68. The zero-order valence-electron chi connectivity index (χ0n) is 16.2. The molecule has 3 nitrogen and oxygen atoms in total. The molecule has 3 heterocycles. The highest BCUT2D eigenvalue weighted by Gasteiger charge is 2.53. The summed E-state index contributed by atoms with van der Waals surface area (Å²) in [6.45, 7) is 6.83. The number of rotatable bonds is 3. The highest BCUT2D eigenvalue weighted by atomic mass is 16.2. The van der Waals surface area contributed by atoms with Crippen molar-refractivity contribution in [2.45, 2.75) is 77.3 Å². The summed E-state index contributed by atoms with van der Waals surface area (Å²) in [5.74, 6) is 1.51. The minimum absolute atomic E-state index is 0.255. The largest absolute Gasteiger partial charge is 0.361 e. The molecule has 6 rings (SSSR count). The maximum Gasteiger partial charge on any atom is 0.223 e. The maximum atomic E-state index is 13.3. The van der Waals surface area contributed by atoms with E-state index in [-0.39, 0.29) is 5.92 Å². The van der Waals surface area contributed by atoms with Crippen LogP contribution >= 0.6 is 0 Å². The number of aromatic nitrogens is 1. The van der Waals surface area contributed by atoms with Crippen LogP contribution in [-0.2, 0) is 4.79 Å². The first-order chi connectivity index (χ1) is 12.4. The van der Waals surface area contributed by atoms with Crippen molar-refractivity contribution in [1.82, 2.24) is 9.88 Å². The summed E-state index contributed by atoms with van der Waals surface area (Å²) in [4.78, 5) is 19.0. The van der Waals surface area contributed by atoms with Crippen LogP contribution in [0.15, 0.2) is 24.4 Å². The van der Waals surface area contributed by atoms with Crippen LogP contribution in [-0.4, -0.2) is 27.9 Å². The number of fused-ring (bicyclic) bond motifs is 1. The van der Waals surface area contributed by atoms with Gasteiger partial charge in [-0.15, -0.1) is 0 Å². The first kappa shape index (κ1) is 16.4. The molecule has 4 bridgehead atoms. The highest BCUT2D eigenvalue weighted by molar-refractivity contribution is 5.88. The van der Waals surface area contributed by atoms with E-state index in [9.17, 15) is 4.79 Å². The Morgan fingerprint density at radius 2 is 2.00 bits per heavy atom. The number of carbonyl (C=O) groups is 1. The molecule has 2 saturated heterocycles. The highest BCUT2D eigenvalue weighted by Crippen LogP contribution is 2.56. The fourth-order valence-electron chi connectivity index (χ4n) is 6.68. The van der Waals surface area contributed by atoms with Crippen molar-refractivity contribution in [3.63, 3.8) is 0 Å². The number of H-pyrrole nitrogens is 1. The second kappa shape index (κ2) is 5.61. The summed E-state index contributed by atoms with van der Waals surface area (Å²) in [5, 5.41) is 1.31. The molecule has 2 aliphatic heterocycles. The van der Waals surface area contributed by atoms with E-state index in [1.807, 2.05) is 0 Å². The molecule has 1 N–H and O–H groups in total. The lowest BCUT2D eigenvalue weighted by molar-refractivity contribution is -0.156. The Kier molecular flexibility index (Phi) is 3.54. The minimum Gasteiger partial charge on any atom is -0.361 e. The molecule has 3 heteroatoms. The van der Waals surface area contributed by atoms with Crippen molar-refractivity contribution in [2.24, 2.45) is 11.3 Å². The number of benzene rings is 1. The average Bonchev–Trinajstić information content (AvgIpc) is 2.98. The van der Waals surface area contributed by atoms with Crippen molar-refractivity contribution in [3.05, 3.63) is 35.5 Å². The summed E-state index contributed by atoms with van der Waals surface area (Å²) < 4.78 is 0. The van der Waals surface area contributed by atoms with Crippen molar-refractivity contribution in [1.29, 1.82) is 0 Å². The Hall–Kier alpha value is -1.77. The summed E-state index contributed by atoms with van der Waals surface area (Å²) in [6, 6.07) is 7.40. The molecule has 1 aromatic carbocycles. The number of aryl methyl sites for hydroxylation is 1. The molecule has 2 aromatic rings. The third-order valence-corrected chi connectivity index (χ3v) is 7.48. The van der Waals surface area contributed by atoms with Crippen molar-refractivity contribution < 1.29 is 4.79 Å². The lowest BCUT2D eigenvalue weighted by Gasteiger charge is -2.61. The van der Waals surface area contributed by atoms with Gasteiger partial charge in [0.25, 0.3) is 0 Å². The Labute approximate surface area is 156 Å². The maximum absolute atomic E-state index is 13.3. The molecule has 138 valence electrons. The standard InChI is InChI=1S/C23H30N2O/c1-14-5-4-6-20-22(14)19(13-24-20)15(2)7-21(26)25-17-8-16-9-18(25)12-23(3,10-16)11-17/h4-6,13,15-18,24H,7-12H2,1-3H3. The quantitative estimate of drug-likeness (QED) is 0.816. The SMILES string of the molecule is Cc1cccc2[nH]cc(C(C)CC(=O)N3C4CC5CC3CC(C)(C5)C4)c12. The van der Waals surface area contributed by atoms with Crippen LogP contribution in [0.1, 0.15) is 69.4 Å². The first-order valence-electron chi connectivity index (χ1n) is 10.3. The molecule has 1 amide bonds. The first-order valence-corrected chi connectivity index (χ1v) is 10.3. The van der Waals surface area contributed by atoms with Crippen molar-refractivity contribution in [2.75, 3.05) is 0 Å². The lowest BCUT2D eigenvalue weighted by Crippen LogP contribution is -2.62. The van der Waals surface area contributed by atoms with Crippen LogP contribution in [0.4, 0.5) is 0 Å². The van der Waals surface area contributed by atoms with Crippen molar-refractivity contribution in [3.8, 4) is 0 Å². The molecule has 4 fully saturated rings. The molecule has 4 aliphatic rings. The van der Waals surface area contributed by atoms with Gasteiger partial charge in [0, 0.05) is 35.6 Å². The minimum atomic E-state index is 0.255. The molecule has 2 aliphatic carbocycles. The van der Waals surface area contributed by atoms with E-state index in [1.165, 1.54) is 54.1 Å². The summed E-state index contributed by atoms with van der Waals surface area (Å²) >= 11 is 0. The Balaban J connectivity index is 1.37. The van der Waals surface area contributed by atoms with Crippen LogP contribution in [0, 0.1) is 18.3 Å². The van der Waals surface area contributed by atoms with E-state index in [0.717, 1.165) is 5.92 Å². The summed E-state index contributed by atoms with van der Waals surface area (Å²) in [6.07, 6.45) is 9.10. The van der Waals surface area contributed by atoms with Crippen LogP contribution in [0.25, 0.3) is 10.9 Å². The van der Waals surface area contributed by atoms with Gasteiger partial charge in [0.2, 0.25) is 5.91 Å². The Bertz CT molecular complexity index is 850. The molecule has 0 radical (unpaired) electrons. The monoisotopic (exact) mass is 350 g/mol. The smallest absolute Gasteiger partial charge is 0.223 e. The molecule has 26 heavy (non-hydrogen) atoms. The van der Waals surface area contributed by atoms with E-state index in [4.69, 9.17) is 0 Å². The molecule has 3 atom stereocenters. The van der Waals surface area contributed by atoms with Gasteiger partial charge >= 0.3 is 0 Å². The predicted octanol–water partition coefficient (Wildman–Crippen LogP) is 5.15. The van der Waals surface area contributed by atoms with Gasteiger partial charge in [-0.05, 0) is 73.5 Å². The zero-order chi connectivity index (χ0) is 18.1. The van der Waals surface area contributed by atoms with Gasteiger partial charge in [-0.25, -0.2) is 0 Å². The van der Waals surface area contributed by atoms with Gasteiger partial charge in [-0.1, -0.05) is 26.0 Å². The van der Waals surface area contributed by atoms with Crippen LogP contribution < -0.4 is 0 Å².